The van der Waals surface area contributed by atoms with Gasteiger partial charge in [-0.15, -0.1) is 0 Å². The van der Waals surface area contributed by atoms with E-state index in [9.17, 15) is 14.7 Å². The molecule has 0 aliphatic heterocycles. The van der Waals surface area contributed by atoms with Crippen molar-refractivity contribution < 1.29 is 9.90 Å². The summed E-state index contributed by atoms with van der Waals surface area (Å²) in [5.74, 6) is -0.917. The zero-order valence-corrected chi connectivity index (χ0v) is 13.1. The predicted molar refractivity (Wildman–Crippen MR) is 92.9 cm³/mol. The summed E-state index contributed by atoms with van der Waals surface area (Å²) >= 11 is 0. The minimum absolute atomic E-state index is 0.231. The van der Waals surface area contributed by atoms with E-state index in [4.69, 9.17) is 5.73 Å². The molecule has 0 unspecified atom stereocenters. The molecule has 6 heteroatoms. The van der Waals surface area contributed by atoms with Crippen molar-refractivity contribution >= 4 is 22.5 Å². The molecule has 122 valence electrons. The molecule has 3 aromatic rings. The van der Waals surface area contributed by atoms with Gasteiger partial charge in [-0.2, -0.15) is 0 Å². The van der Waals surface area contributed by atoms with Crippen molar-refractivity contribution in [3.63, 3.8) is 0 Å². The molecule has 0 saturated carbocycles. The van der Waals surface area contributed by atoms with Gasteiger partial charge in [0, 0.05) is 24.7 Å². The number of rotatable bonds is 3. The number of pyridine rings is 1. The summed E-state index contributed by atoms with van der Waals surface area (Å²) in [6.45, 7) is 0.231. The highest BCUT2D eigenvalue weighted by Gasteiger charge is 2.20. The lowest BCUT2D eigenvalue weighted by Gasteiger charge is -2.12. The molecule has 0 aliphatic rings. The second kappa shape index (κ2) is 6.08. The van der Waals surface area contributed by atoms with Crippen LogP contribution in [0.15, 0.2) is 53.3 Å². The predicted octanol–water partition coefficient (Wildman–Crippen LogP) is 1.76. The maximum absolute atomic E-state index is 12.4. The normalized spacial score (nSPS) is 10.7. The van der Waals surface area contributed by atoms with Crippen molar-refractivity contribution in [1.82, 2.24) is 9.88 Å². The van der Waals surface area contributed by atoms with Crippen LogP contribution in [-0.4, -0.2) is 15.6 Å². The number of aryl methyl sites for hydroxylation is 1. The highest BCUT2D eigenvalue weighted by Crippen LogP contribution is 2.25. The molecule has 0 aliphatic carbocycles. The van der Waals surface area contributed by atoms with Crippen LogP contribution in [0.5, 0.6) is 5.75 Å². The summed E-state index contributed by atoms with van der Waals surface area (Å²) < 4.78 is 1.35. The average Bonchev–Trinajstić information content (AvgIpc) is 2.59. The Bertz CT molecular complexity index is 975. The Hall–Kier alpha value is -3.28. The van der Waals surface area contributed by atoms with Gasteiger partial charge in [0.15, 0.2) is 0 Å². The maximum atomic E-state index is 12.4. The summed E-state index contributed by atoms with van der Waals surface area (Å²) in [5, 5.41) is 13.5. The molecule has 1 amide bonds. The third-order valence-corrected chi connectivity index (χ3v) is 3.94. The Labute approximate surface area is 138 Å². The Morgan fingerprint density at radius 2 is 1.83 bits per heavy atom. The number of hydrogen-bond donors (Lipinski definition) is 3. The molecule has 1 aromatic heterocycles. The number of amides is 1. The number of fused-ring (bicyclic) bond motifs is 1. The fraction of sp³-hybridized carbons (Fsp3) is 0.111. The van der Waals surface area contributed by atoms with Gasteiger partial charge in [0.25, 0.3) is 11.5 Å². The van der Waals surface area contributed by atoms with Gasteiger partial charge in [0.2, 0.25) is 0 Å². The van der Waals surface area contributed by atoms with Crippen molar-refractivity contribution in [1.29, 1.82) is 0 Å². The number of para-hydroxylation sites is 1. The van der Waals surface area contributed by atoms with E-state index < -0.39 is 11.5 Å². The molecule has 4 N–H and O–H groups in total. The number of anilines is 1. The van der Waals surface area contributed by atoms with Gasteiger partial charge >= 0.3 is 0 Å². The van der Waals surface area contributed by atoms with E-state index in [-0.39, 0.29) is 17.9 Å². The van der Waals surface area contributed by atoms with Crippen molar-refractivity contribution in [3.05, 3.63) is 70.0 Å². The van der Waals surface area contributed by atoms with Crippen molar-refractivity contribution in [2.24, 2.45) is 7.05 Å². The SMILES string of the molecule is Cn1c(=O)c(C(=O)NCc2ccc(N)cc2)c(O)c2ccccc21. The second-order valence-electron chi connectivity index (χ2n) is 5.53. The van der Waals surface area contributed by atoms with Gasteiger partial charge in [0.1, 0.15) is 11.3 Å². The van der Waals surface area contributed by atoms with Crippen LogP contribution in [0.2, 0.25) is 0 Å². The molecule has 0 fully saturated rings. The molecule has 3 rings (SSSR count). The number of hydrogen-bond acceptors (Lipinski definition) is 4. The molecule has 0 saturated heterocycles. The number of carbonyl (C=O) groups excluding carboxylic acids is 1. The standard InChI is InChI=1S/C18H17N3O3/c1-21-14-5-3-2-4-13(14)16(22)15(18(21)24)17(23)20-10-11-6-8-12(19)9-7-11/h2-9,22H,10,19H2,1H3,(H,20,23). The molecule has 24 heavy (non-hydrogen) atoms. The van der Waals surface area contributed by atoms with Gasteiger partial charge in [-0.25, -0.2) is 0 Å². The minimum atomic E-state index is -0.615. The molecule has 0 spiro atoms. The molecule has 1 heterocycles. The van der Waals surface area contributed by atoms with Crippen molar-refractivity contribution in [3.8, 4) is 5.75 Å². The van der Waals surface area contributed by atoms with E-state index in [1.165, 1.54) is 4.57 Å². The van der Waals surface area contributed by atoms with Gasteiger partial charge < -0.3 is 20.7 Å². The molecule has 6 nitrogen and oxygen atoms in total. The summed E-state index contributed by atoms with van der Waals surface area (Å²) in [5.41, 5.74) is 6.86. The van der Waals surface area contributed by atoms with E-state index in [0.717, 1.165) is 5.56 Å². The number of nitrogen functional groups attached to an aromatic ring is 1. The van der Waals surface area contributed by atoms with Crippen molar-refractivity contribution in [2.45, 2.75) is 6.54 Å². The van der Waals surface area contributed by atoms with E-state index in [1.807, 2.05) is 0 Å². The molecular weight excluding hydrogens is 306 g/mol. The quantitative estimate of drug-likeness (QED) is 0.640. The zero-order chi connectivity index (χ0) is 17.3. The minimum Gasteiger partial charge on any atom is -0.506 e. The van der Waals surface area contributed by atoms with Crippen LogP contribution in [-0.2, 0) is 13.6 Å². The molecule has 0 radical (unpaired) electrons. The lowest BCUT2D eigenvalue weighted by atomic mass is 10.1. The first-order valence-corrected chi connectivity index (χ1v) is 7.42. The number of nitrogens with zero attached hydrogens (tertiary/aromatic N) is 1. The molecular formula is C18H17N3O3. The second-order valence-corrected chi connectivity index (χ2v) is 5.53. The monoisotopic (exact) mass is 323 g/mol. The zero-order valence-electron chi connectivity index (χ0n) is 13.1. The lowest BCUT2D eigenvalue weighted by molar-refractivity contribution is 0.0946. The topological polar surface area (TPSA) is 97.4 Å². The number of aromatic nitrogens is 1. The summed E-state index contributed by atoms with van der Waals surface area (Å²) in [6.07, 6.45) is 0. The number of benzene rings is 2. The number of nitrogens with one attached hydrogen (secondary N) is 1. The van der Waals surface area contributed by atoms with Crippen LogP contribution < -0.4 is 16.6 Å². The van der Waals surface area contributed by atoms with Crippen LogP contribution >= 0.6 is 0 Å². The smallest absolute Gasteiger partial charge is 0.267 e. The first-order chi connectivity index (χ1) is 11.5. The van der Waals surface area contributed by atoms with E-state index in [1.54, 1.807) is 55.6 Å². The number of aromatic hydroxyl groups is 1. The van der Waals surface area contributed by atoms with Gasteiger partial charge in [-0.3, -0.25) is 9.59 Å². The Kier molecular flexibility index (Phi) is 3.95. The average molecular weight is 323 g/mol. The van der Waals surface area contributed by atoms with E-state index >= 15 is 0 Å². The summed E-state index contributed by atoms with van der Waals surface area (Å²) in [7, 11) is 1.57. The van der Waals surface area contributed by atoms with Gasteiger partial charge in [0.05, 0.1) is 5.52 Å². The van der Waals surface area contributed by atoms with E-state index in [0.29, 0.717) is 16.6 Å². The fourth-order valence-corrected chi connectivity index (χ4v) is 2.59. The van der Waals surface area contributed by atoms with Crippen molar-refractivity contribution in [2.75, 3.05) is 5.73 Å². The maximum Gasteiger partial charge on any atom is 0.267 e. The largest absolute Gasteiger partial charge is 0.506 e. The summed E-state index contributed by atoms with van der Waals surface area (Å²) in [6, 6.07) is 13.9. The molecule has 0 atom stereocenters. The third kappa shape index (κ3) is 2.69. The van der Waals surface area contributed by atoms with Crippen LogP contribution in [0.25, 0.3) is 10.9 Å². The highest BCUT2D eigenvalue weighted by atomic mass is 16.3. The third-order valence-electron chi connectivity index (χ3n) is 3.94. The Morgan fingerprint density at radius 3 is 2.54 bits per heavy atom. The van der Waals surface area contributed by atoms with Crippen LogP contribution in [0.3, 0.4) is 0 Å². The van der Waals surface area contributed by atoms with Crippen LogP contribution in [0.1, 0.15) is 15.9 Å². The number of nitrogens with two attached hydrogens (primary N) is 1. The Balaban J connectivity index is 1.95. The van der Waals surface area contributed by atoms with Crippen LogP contribution in [0.4, 0.5) is 5.69 Å². The van der Waals surface area contributed by atoms with Gasteiger partial charge in [-0.1, -0.05) is 24.3 Å². The Morgan fingerprint density at radius 1 is 1.17 bits per heavy atom. The molecule has 2 aromatic carbocycles. The van der Waals surface area contributed by atoms with E-state index in [2.05, 4.69) is 5.32 Å². The highest BCUT2D eigenvalue weighted by molar-refractivity contribution is 6.02. The lowest BCUT2D eigenvalue weighted by Crippen LogP contribution is -2.32. The first kappa shape index (κ1) is 15.6. The first-order valence-electron chi connectivity index (χ1n) is 7.42. The number of carbonyl (C=O) groups is 1. The molecule has 0 bridgehead atoms. The summed E-state index contributed by atoms with van der Waals surface area (Å²) in [4.78, 5) is 24.8. The fourth-order valence-electron chi connectivity index (χ4n) is 2.59. The van der Waals surface area contributed by atoms with Gasteiger partial charge in [-0.05, 0) is 29.8 Å². The van der Waals surface area contributed by atoms with Crippen LogP contribution in [0, 0.1) is 0 Å².